The molecular formula is C17H17FO3. The molecule has 0 amide bonds. The van der Waals surface area contributed by atoms with Crippen molar-refractivity contribution in [3.63, 3.8) is 0 Å². The van der Waals surface area contributed by atoms with Crippen LogP contribution >= 0.6 is 0 Å². The molecule has 0 radical (unpaired) electrons. The molecule has 0 bridgehead atoms. The standard InChI is InChI=1S/C17H17FO3/c1-11-7-17(15(12(2)19)9-16(11)18)21-14-6-4-5-13(8-14)10-20-3/h4-9H,10H2,1-3H3. The molecule has 0 unspecified atom stereocenters. The molecule has 0 heterocycles. The second-order valence-corrected chi connectivity index (χ2v) is 4.84. The van der Waals surface area contributed by atoms with Gasteiger partial charge in [-0.05, 0) is 49.2 Å². The lowest BCUT2D eigenvalue weighted by molar-refractivity contribution is 0.101. The van der Waals surface area contributed by atoms with Gasteiger partial charge in [-0.3, -0.25) is 4.79 Å². The molecule has 0 atom stereocenters. The second-order valence-electron chi connectivity index (χ2n) is 4.84. The summed E-state index contributed by atoms with van der Waals surface area (Å²) in [7, 11) is 1.62. The highest BCUT2D eigenvalue weighted by atomic mass is 19.1. The Morgan fingerprint density at radius 3 is 2.67 bits per heavy atom. The number of aryl methyl sites for hydroxylation is 1. The van der Waals surface area contributed by atoms with Crippen LogP contribution in [0, 0.1) is 12.7 Å². The zero-order valence-electron chi connectivity index (χ0n) is 12.3. The first-order chi connectivity index (χ1) is 10.0. The lowest BCUT2D eigenvalue weighted by atomic mass is 10.1. The average Bonchev–Trinajstić information content (AvgIpc) is 2.43. The Kier molecular flexibility index (Phi) is 4.70. The predicted octanol–water partition coefficient (Wildman–Crippen LogP) is 4.28. The van der Waals surface area contributed by atoms with Crippen molar-refractivity contribution in [1.29, 1.82) is 0 Å². The van der Waals surface area contributed by atoms with Gasteiger partial charge in [-0.25, -0.2) is 4.39 Å². The van der Waals surface area contributed by atoms with Crippen LogP contribution in [0.15, 0.2) is 36.4 Å². The zero-order valence-corrected chi connectivity index (χ0v) is 12.3. The van der Waals surface area contributed by atoms with Gasteiger partial charge >= 0.3 is 0 Å². The summed E-state index contributed by atoms with van der Waals surface area (Å²) >= 11 is 0. The van der Waals surface area contributed by atoms with Crippen LogP contribution in [-0.4, -0.2) is 12.9 Å². The van der Waals surface area contributed by atoms with E-state index in [1.54, 1.807) is 20.1 Å². The van der Waals surface area contributed by atoms with E-state index >= 15 is 0 Å². The molecule has 3 nitrogen and oxygen atoms in total. The first-order valence-electron chi connectivity index (χ1n) is 6.58. The number of benzene rings is 2. The normalized spacial score (nSPS) is 10.5. The van der Waals surface area contributed by atoms with E-state index < -0.39 is 5.82 Å². The number of methoxy groups -OCH3 is 1. The molecule has 110 valence electrons. The molecule has 2 aromatic carbocycles. The Labute approximate surface area is 123 Å². The fourth-order valence-electron chi connectivity index (χ4n) is 2.01. The molecule has 0 saturated carbocycles. The highest BCUT2D eigenvalue weighted by Gasteiger charge is 2.13. The van der Waals surface area contributed by atoms with E-state index in [0.717, 1.165) is 5.56 Å². The van der Waals surface area contributed by atoms with Gasteiger partial charge < -0.3 is 9.47 Å². The fraction of sp³-hybridized carbons (Fsp3) is 0.235. The number of carbonyl (C=O) groups is 1. The first kappa shape index (κ1) is 15.2. The van der Waals surface area contributed by atoms with Gasteiger partial charge in [0.1, 0.15) is 17.3 Å². The first-order valence-corrected chi connectivity index (χ1v) is 6.58. The smallest absolute Gasteiger partial charge is 0.163 e. The molecule has 0 aliphatic heterocycles. The number of hydrogen-bond donors (Lipinski definition) is 0. The molecule has 0 spiro atoms. The van der Waals surface area contributed by atoms with Crippen molar-refractivity contribution in [3.05, 3.63) is 58.9 Å². The third kappa shape index (κ3) is 3.67. The van der Waals surface area contributed by atoms with Gasteiger partial charge in [0.15, 0.2) is 5.78 Å². The predicted molar refractivity (Wildman–Crippen MR) is 78.4 cm³/mol. The molecule has 0 aromatic heterocycles. The maximum absolute atomic E-state index is 13.6. The Hall–Kier alpha value is -2.20. The van der Waals surface area contributed by atoms with Crippen molar-refractivity contribution in [2.75, 3.05) is 7.11 Å². The van der Waals surface area contributed by atoms with Crippen LogP contribution < -0.4 is 4.74 Å². The van der Waals surface area contributed by atoms with Crippen LogP contribution in [0.3, 0.4) is 0 Å². The summed E-state index contributed by atoms with van der Waals surface area (Å²) in [6, 6.07) is 10.1. The lowest BCUT2D eigenvalue weighted by Crippen LogP contribution is -2.00. The van der Waals surface area contributed by atoms with Crippen molar-refractivity contribution in [3.8, 4) is 11.5 Å². The molecular weight excluding hydrogens is 271 g/mol. The number of ether oxygens (including phenoxy) is 2. The third-order valence-corrected chi connectivity index (χ3v) is 3.08. The number of rotatable bonds is 5. The highest BCUT2D eigenvalue weighted by molar-refractivity contribution is 5.97. The van der Waals surface area contributed by atoms with Crippen molar-refractivity contribution in [2.45, 2.75) is 20.5 Å². The van der Waals surface area contributed by atoms with Gasteiger partial charge in [-0.2, -0.15) is 0 Å². The molecule has 0 N–H and O–H groups in total. The van der Waals surface area contributed by atoms with E-state index in [2.05, 4.69) is 0 Å². The molecule has 0 fully saturated rings. The van der Waals surface area contributed by atoms with Gasteiger partial charge in [0.2, 0.25) is 0 Å². The van der Waals surface area contributed by atoms with Crippen LogP contribution in [0.4, 0.5) is 4.39 Å². The van der Waals surface area contributed by atoms with Crippen LogP contribution in [-0.2, 0) is 11.3 Å². The number of hydrogen-bond acceptors (Lipinski definition) is 3. The summed E-state index contributed by atoms with van der Waals surface area (Å²) in [4.78, 5) is 11.6. The Balaban J connectivity index is 2.36. The Morgan fingerprint density at radius 1 is 1.24 bits per heavy atom. The number of ketones is 1. The maximum Gasteiger partial charge on any atom is 0.163 e. The molecule has 4 heteroatoms. The summed E-state index contributed by atoms with van der Waals surface area (Å²) < 4.78 is 24.4. The lowest BCUT2D eigenvalue weighted by Gasteiger charge is -2.12. The van der Waals surface area contributed by atoms with E-state index in [1.807, 2.05) is 18.2 Å². The minimum atomic E-state index is -0.416. The van der Waals surface area contributed by atoms with Gasteiger partial charge in [0.25, 0.3) is 0 Å². The van der Waals surface area contributed by atoms with Crippen molar-refractivity contribution in [1.82, 2.24) is 0 Å². The summed E-state index contributed by atoms with van der Waals surface area (Å²) in [5, 5.41) is 0. The average molecular weight is 288 g/mol. The van der Waals surface area contributed by atoms with Gasteiger partial charge in [0, 0.05) is 7.11 Å². The molecule has 2 aromatic rings. The minimum absolute atomic E-state index is 0.232. The third-order valence-electron chi connectivity index (χ3n) is 3.08. The van der Waals surface area contributed by atoms with E-state index in [1.165, 1.54) is 19.1 Å². The Morgan fingerprint density at radius 2 is 2.00 bits per heavy atom. The van der Waals surface area contributed by atoms with Gasteiger partial charge in [-0.15, -0.1) is 0 Å². The van der Waals surface area contributed by atoms with E-state index in [-0.39, 0.29) is 11.3 Å². The molecule has 0 aliphatic rings. The monoisotopic (exact) mass is 288 g/mol. The van der Waals surface area contributed by atoms with Crippen LogP contribution in [0.2, 0.25) is 0 Å². The van der Waals surface area contributed by atoms with Gasteiger partial charge in [0.05, 0.1) is 12.2 Å². The topological polar surface area (TPSA) is 35.5 Å². The molecule has 2 rings (SSSR count). The zero-order chi connectivity index (χ0) is 15.4. The fourth-order valence-corrected chi connectivity index (χ4v) is 2.01. The molecule has 0 saturated heterocycles. The maximum atomic E-state index is 13.6. The van der Waals surface area contributed by atoms with Crippen LogP contribution in [0.25, 0.3) is 0 Å². The highest BCUT2D eigenvalue weighted by Crippen LogP contribution is 2.29. The van der Waals surface area contributed by atoms with Crippen LogP contribution in [0.5, 0.6) is 11.5 Å². The number of Topliss-reactive ketones (excluding diaryl/α,β-unsaturated/α-hetero) is 1. The Bertz CT molecular complexity index is 665. The second kappa shape index (κ2) is 6.50. The van der Waals surface area contributed by atoms with Crippen molar-refractivity contribution < 1.29 is 18.7 Å². The SMILES string of the molecule is COCc1cccc(Oc2cc(C)c(F)cc2C(C)=O)c1. The number of halogens is 1. The summed E-state index contributed by atoms with van der Waals surface area (Å²) in [6.07, 6.45) is 0. The molecule has 21 heavy (non-hydrogen) atoms. The summed E-state index contributed by atoms with van der Waals surface area (Å²) in [5.74, 6) is 0.284. The van der Waals surface area contributed by atoms with Gasteiger partial charge in [-0.1, -0.05) is 12.1 Å². The van der Waals surface area contributed by atoms with E-state index in [4.69, 9.17) is 9.47 Å². The summed E-state index contributed by atoms with van der Waals surface area (Å²) in [5.41, 5.74) is 1.62. The van der Waals surface area contributed by atoms with E-state index in [0.29, 0.717) is 23.7 Å². The van der Waals surface area contributed by atoms with Crippen LogP contribution in [0.1, 0.15) is 28.4 Å². The van der Waals surface area contributed by atoms with E-state index in [9.17, 15) is 9.18 Å². The minimum Gasteiger partial charge on any atom is -0.457 e. The quantitative estimate of drug-likeness (QED) is 0.770. The largest absolute Gasteiger partial charge is 0.457 e. The summed E-state index contributed by atoms with van der Waals surface area (Å²) in [6.45, 7) is 3.49. The van der Waals surface area contributed by atoms with Crippen molar-refractivity contribution >= 4 is 5.78 Å². The molecule has 0 aliphatic carbocycles. The van der Waals surface area contributed by atoms with Crippen molar-refractivity contribution in [2.24, 2.45) is 0 Å². The number of carbonyl (C=O) groups excluding carboxylic acids is 1.